The van der Waals surface area contributed by atoms with Crippen LogP contribution in [-0.2, 0) is 11.3 Å². The number of pyridine rings is 1. The van der Waals surface area contributed by atoms with Gasteiger partial charge in [0.1, 0.15) is 0 Å². The lowest BCUT2D eigenvalue weighted by molar-refractivity contribution is -0.137. The van der Waals surface area contributed by atoms with Crippen molar-refractivity contribution in [2.45, 2.75) is 25.9 Å². The minimum atomic E-state index is -0.989. The lowest BCUT2D eigenvalue weighted by Gasteiger charge is -2.24. The van der Waals surface area contributed by atoms with E-state index in [2.05, 4.69) is 10.3 Å². The molecule has 0 saturated heterocycles. The van der Waals surface area contributed by atoms with Crippen LogP contribution in [0.2, 0.25) is 0 Å². The molecule has 0 aliphatic rings. The summed E-state index contributed by atoms with van der Waals surface area (Å²) in [4.78, 5) is 44.1. The number of hydrogen-bond donors (Lipinski definition) is 2. The van der Waals surface area contributed by atoms with Gasteiger partial charge in [0.05, 0.1) is 12.5 Å². The van der Waals surface area contributed by atoms with Crippen LogP contribution in [0.4, 0.5) is 0 Å². The maximum absolute atomic E-state index is 13.8. The van der Waals surface area contributed by atoms with Crippen molar-refractivity contribution < 1.29 is 19.5 Å². The van der Waals surface area contributed by atoms with Gasteiger partial charge in [-0.3, -0.25) is 19.4 Å². The lowest BCUT2D eigenvalue weighted by Crippen LogP contribution is -2.33. The summed E-state index contributed by atoms with van der Waals surface area (Å²) >= 11 is 0. The van der Waals surface area contributed by atoms with Gasteiger partial charge in [-0.2, -0.15) is 0 Å². The first-order valence-corrected chi connectivity index (χ1v) is 12.4. The van der Waals surface area contributed by atoms with Gasteiger partial charge in [0, 0.05) is 36.6 Å². The average molecular weight is 508 g/mol. The number of nitrogens with one attached hydrogen (secondary N) is 1. The standard InChI is InChI=1S/C31H29N3O4/c1-22(24-11-3-2-4-12-24)33-30(37)27-15-7-5-13-25(27)26-14-6-8-16-28(26)31(38)34(19-17-29(35)36)21-23-10-9-18-32-20-23/h2-16,18,20,22H,17,19,21H2,1H3,(H,33,37)(H,35,36). The molecule has 0 saturated carbocycles. The number of aromatic nitrogens is 1. The fourth-order valence-electron chi connectivity index (χ4n) is 4.29. The molecule has 2 amide bonds. The van der Waals surface area contributed by atoms with Crippen molar-refractivity contribution in [3.05, 3.63) is 126 Å². The van der Waals surface area contributed by atoms with Crippen molar-refractivity contribution in [2.24, 2.45) is 0 Å². The van der Waals surface area contributed by atoms with Gasteiger partial charge in [-0.25, -0.2) is 0 Å². The van der Waals surface area contributed by atoms with Crippen LogP contribution in [-0.4, -0.2) is 39.3 Å². The smallest absolute Gasteiger partial charge is 0.305 e. The lowest BCUT2D eigenvalue weighted by atomic mass is 9.94. The Balaban J connectivity index is 1.66. The van der Waals surface area contributed by atoms with Crippen LogP contribution in [0.3, 0.4) is 0 Å². The molecule has 1 aromatic heterocycles. The van der Waals surface area contributed by atoms with E-state index < -0.39 is 5.97 Å². The van der Waals surface area contributed by atoms with Crippen molar-refractivity contribution in [3.8, 4) is 11.1 Å². The van der Waals surface area contributed by atoms with Gasteiger partial charge < -0.3 is 15.3 Å². The molecule has 0 aliphatic heterocycles. The Morgan fingerprint density at radius 3 is 2.13 bits per heavy atom. The SMILES string of the molecule is CC(NC(=O)c1ccccc1-c1ccccc1C(=O)N(CCC(=O)O)Cc1cccnc1)c1ccccc1. The van der Waals surface area contributed by atoms with Gasteiger partial charge in [-0.1, -0.05) is 72.8 Å². The molecule has 38 heavy (non-hydrogen) atoms. The highest BCUT2D eigenvalue weighted by Crippen LogP contribution is 2.29. The third kappa shape index (κ3) is 6.50. The molecule has 7 heteroatoms. The molecule has 0 aliphatic carbocycles. The second-order valence-corrected chi connectivity index (χ2v) is 8.93. The Morgan fingerprint density at radius 2 is 1.47 bits per heavy atom. The Kier molecular flexibility index (Phi) is 8.61. The number of rotatable bonds is 10. The highest BCUT2D eigenvalue weighted by Gasteiger charge is 2.23. The maximum atomic E-state index is 13.8. The van der Waals surface area contributed by atoms with Crippen LogP contribution in [0.15, 0.2) is 103 Å². The zero-order chi connectivity index (χ0) is 26.9. The van der Waals surface area contributed by atoms with Crippen molar-refractivity contribution in [1.82, 2.24) is 15.2 Å². The maximum Gasteiger partial charge on any atom is 0.305 e. The van der Waals surface area contributed by atoms with Crippen molar-refractivity contribution in [3.63, 3.8) is 0 Å². The molecule has 0 bridgehead atoms. The number of aliphatic carboxylic acids is 1. The van der Waals surface area contributed by atoms with E-state index in [9.17, 15) is 19.5 Å². The molecule has 4 aromatic rings. The van der Waals surface area contributed by atoms with E-state index in [1.165, 1.54) is 4.90 Å². The predicted molar refractivity (Wildman–Crippen MR) is 145 cm³/mol. The third-order valence-corrected chi connectivity index (χ3v) is 6.25. The fraction of sp³-hybridized carbons (Fsp3) is 0.161. The molecule has 1 unspecified atom stereocenters. The number of amides is 2. The first-order chi connectivity index (χ1) is 18.4. The Morgan fingerprint density at radius 1 is 0.842 bits per heavy atom. The summed E-state index contributed by atoms with van der Waals surface area (Å²) in [5.41, 5.74) is 3.82. The second-order valence-electron chi connectivity index (χ2n) is 8.93. The van der Waals surface area contributed by atoms with E-state index in [1.807, 2.05) is 61.5 Å². The van der Waals surface area contributed by atoms with Crippen molar-refractivity contribution in [2.75, 3.05) is 6.54 Å². The van der Waals surface area contributed by atoms with Gasteiger partial charge in [0.25, 0.3) is 11.8 Å². The summed E-state index contributed by atoms with van der Waals surface area (Å²) < 4.78 is 0. The minimum absolute atomic E-state index is 0.0358. The minimum Gasteiger partial charge on any atom is -0.481 e. The number of carboxylic acids is 1. The number of hydrogen-bond acceptors (Lipinski definition) is 4. The van der Waals surface area contributed by atoms with E-state index in [0.717, 1.165) is 11.1 Å². The average Bonchev–Trinajstić information content (AvgIpc) is 2.95. The second kappa shape index (κ2) is 12.5. The van der Waals surface area contributed by atoms with E-state index in [4.69, 9.17) is 0 Å². The number of benzene rings is 3. The molecular weight excluding hydrogens is 478 g/mol. The highest BCUT2D eigenvalue weighted by atomic mass is 16.4. The van der Waals surface area contributed by atoms with E-state index >= 15 is 0 Å². The Hall–Kier alpha value is -4.78. The molecule has 7 nitrogen and oxygen atoms in total. The van der Waals surface area contributed by atoms with Crippen LogP contribution >= 0.6 is 0 Å². The summed E-state index contributed by atoms with van der Waals surface area (Å²) in [5.74, 6) is -1.56. The van der Waals surface area contributed by atoms with Crippen molar-refractivity contribution >= 4 is 17.8 Å². The highest BCUT2D eigenvalue weighted by molar-refractivity contribution is 6.06. The summed E-state index contributed by atoms with van der Waals surface area (Å²) in [5, 5.41) is 12.3. The van der Waals surface area contributed by atoms with Gasteiger partial charge in [0.2, 0.25) is 0 Å². The van der Waals surface area contributed by atoms with Crippen molar-refractivity contribution in [1.29, 1.82) is 0 Å². The zero-order valence-corrected chi connectivity index (χ0v) is 21.1. The molecule has 0 spiro atoms. The molecule has 4 rings (SSSR count). The third-order valence-electron chi connectivity index (χ3n) is 6.25. The first kappa shape index (κ1) is 26.3. The molecule has 1 heterocycles. The van der Waals surface area contributed by atoms with Gasteiger partial charge in [-0.05, 0) is 47.4 Å². The monoisotopic (exact) mass is 507 g/mol. The topological polar surface area (TPSA) is 99.6 Å². The molecule has 0 radical (unpaired) electrons. The number of carbonyl (C=O) groups excluding carboxylic acids is 2. The van der Waals surface area contributed by atoms with Gasteiger partial charge >= 0.3 is 5.97 Å². The number of carboxylic acid groups (broad SMARTS) is 1. The predicted octanol–water partition coefficient (Wildman–Crippen LogP) is 5.36. The van der Waals surface area contributed by atoms with Gasteiger partial charge in [-0.15, -0.1) is 0 Å². The zero-order valence-electron chi connectivity index (χ0n) is 21.1. The Bertz CT molecular complexity index is 1410. The van der Waals surface area contributed by atoms with Crippen LogP contribution in [0.25, 0.3) is 11.1 Å². The molecule has 1 atom stereocenters. The van der Waals surface area contributed by atoms with Crippen LogP contribution < -0.4 is 5.32 Å². The van der Waals surface area contributed by atoms with Crippen LogP contribution in [0.1, 0.15) is 51.2 Å². The molecule has 2 N–H and O–H groups in total. The summed E-state index contributed by atoms with van der Waals surface area (Å²) in [6.07, 6.45) is 3.11. The summed E-state index contributed by atoms with van der Waals surface area (Å²) in [6, 6.07) is 27.4. The van der Waals surface area contributed by atoms with E-state index in [1.54, 1.807) is 48.8 Å². The normalized spacial score (nSPS) is 11.4. The quantitative estimate of drug-likeness (QED) is 0.301. The summed E-state index contributed by atoms with van der Waals surface area (Å²) in [7, 11) is 0. The summed E-state index contributed by atoms with van der Waals surface area (Å²) in [6.45, 7) is 2.17. The van der Waals surface area contributed by atoms with E-state index in [0.29, 0.717) is 22.3 Å². The molecular formula is C31H29N3O4. The molecule has 0 fully saturated rings. The molecule has 192 valence electrons. The van der Waals surface area contributed by atoms with E-state index in [-0.39, 0.29) is 37.4 Å². The van der Waals surface area contributed by atoms with Crippen LogP contribution in [0.5, 0.6) is 0 Å². The first-order valence-electron chi connectivity index (χ1n) is 12.4. The molecule has 3 aromatic carbocycles. The fourth-order valence-corrected chi connectivity index (χ4v) is 4.29. The number of carbonyl (C=O) groups is 3. The Labute approximate surface area is 221 Å². The number of nitrogens with zero attached hydrogens (tertiary/aromatic N) is 2. The van der Waals surface area contributed by atoms with Gasteiger partial charge in [0.15, 0.2) is 0 Å². The largest absolute Gasteiger partial charge is 0.481 e. The van der Waals surface area contributed by atoms with Crippen LogP contribution in [0, 0.1) is 0 Å².